The van der Waals surface area contributed by atoms with Gasteiger partial charge in [0, 0.05) is 19.0 Å². The third-order valence-corrected chi connectivity index (χ3v) is 3.88. The van der Waals surface area contributed by atoms with Crippen LogP contribution in [0.3, 0.4) is 0 Å². The Kier molecular flexibility index (Phi) is 6.90. The second-order valence-corrected chi connectivity index (χ2v) is 5.82. The van der Waals surface area contributed by atoms with E-state index in [0.717, 1.165) is 31.4 Å². The van der Waals surface area contributed by atoms with Crippen molar-refractivity contribution < 1.29 is 23.1 Å². The van der Waals surface area contributed by atoms with Gasteiger partial charge in [0.2, 0.25) is 0 Å². The monoisotopic (exact) mass is 337 g/mol. The van der Waals surface area contributed by atoms with E-state index >= 15 is 0 Å². The number of ether oxygens (including phenoxy) is 1. The van der Waals surface area contributed by atoms with Gasteiger partial charge in [0.25, 0.3) is 5.91 Å². The third-order valence-electron chi connectivity index (χ3n) is 3.88. The van der Waals surface area contributed by atoms with Gasteiger partial charge < -0.3 is 10.1 Å². The Morgan fingerprint density at radius 3 is 2.79 bits per heavy atom. The Bertz CT molecular complexity index is 616. The van der Waals surface area contributed by atoms with Crippen molar-refractivity contribution in [2.24, 2.45) is 5.92 Å². The Morgan fingerprint density at radius 2 is 2.08 bits per heavy atom. The van der Waals surface area contributed by atoms with E-state index in [1.807, 2.05) is 0 Å². The highest BCUT2D eigenvalue weighted by Crippen LogP contribution is 2.18. The number of amides is 1. The average Bonchev–Trinajstić information content (AvgIpc) is 2.57. The first kappa shape index (κ1) is 18.1. The van der Waals surface area contributed by atoms with Gasteiger partial charge in [-0.15, -0.1) is 0 Å². The molecule has 0 saturated carbocycles. The summed E-state index contributed by atoms with van der Waals surface area (Å²) in [5.41, 5.74) is -0.218. The van der Waals surface area contributed by atoms with Crippen LogP contribution in [-0.4, -0.2) is 25.0 Å². The van der Waals surface area contributed by atoms with Gasteiger partial charge in [0.15, 0.2) is 0 Å². The van der Waals surface area contributed by atoms with Gasteiger partial charge in [0.05, 0.1) is 12.2 Å². The fourth-order valence-electron chi connectivity index (χ4n) is 2.49. The number of halogens is 2. The third kappa shape index (κ3) is 5.76. The molecule has 0 saturated heterocycles. The molecule has 0 bridgehead atoms. The van der Waals surface area contributed by atoms with Crippen molar-refractivity contribution in [2.75, 3.05) is 13.2 Å². The maximum Gasteiger partial charge on any atom is 0.305 e. The smallest absolute Gasteiger partial charge is 0.305 e. The summed E-state index contributed by atoms with van der Waals surface area (Å²) in [6.45, 7) is 0.646. The van der Waals surface area contributed by atoms with E-state index in [4.69, 9.17) is 4.74 Å². The van der Waals surface area contributed by atoms with E-state index in [0.29, 0.717) is 25.0 Å². The van der Waals surface area contributed by atoms with Crippen LogP contribution >= 0.6 is 0 Å². The van der Waals surface area contributed by atoms with Gasteiger partial charge in [0.1, 0.15) is 11.6 Å². The van der Waals surface area contributed by atoms with Crippen LogP contribution in [0.1, 0.15) is 42.5 Å². The van der Waals surface area contributed by atoms with Crippen molar-refractivity contribution in [3.63, 3.8) is 0 Å². The molecular weight excluding hydrogens is 316 g/mol. The zero-order valence-corrected chi connectivity index (χ0v) is 13.4. The van der Waals surface area contributed by atoms with Crippen LogP contribution in [0.4, 0.5) is 8.78 Å². The second kappa shape index (κ2) is 9.15. The maximum absolute atomic E-state index is 13.4. The normalized spacial score (nSPS) is 16.7. The fraction of sp³-hybridized carbons (Fsp3) is 0.444. The molecule has 2 rings (SSSR count). The predicted molar refractivity (Wildman–Crippen MR) is 85.4 cm³/mol. The molecular formula is C18H21F2NO3. The molecule has 130 valence electrons. The Labute approximate surface area is 139 Å². The van der Waals surface area contributed by atoms with Crippen molar-refractivity contribution in [2.45, 2.75) is 32.1 Å². The topological polar surface area (TPSA) is 55.4 Å². The number of benzene rings is 1. The molecule has 1 N–H and O–H groups in total. The first-order chi connectivity index (χ1) is 11.6. The number of rotatable bonds is 7. The summed E-state index contributed by atoms with van der Waals surface area (Å²) < 4.78 is 31.4. The molecule has 1 unspecified atom stereocenters. The van der Waals surface area contributed by atoms with Crippen molar-refractivity contribution in [1.29, 1.82) is 0 Å². The van der Waals surface area contributed by atoms with E-state index in [9.17, 15) is 18.4 Å². The number of hydrogen-bond acceptors (Lipinski definition) is 3. The number of carbonyl (C=O) groups excluding carboxylic acids is 2. The average molecular weight is 337 g/mol. The Balaban J connectivity index is 1.62. The molecule has 1 aliphatic carbocycles. The molecule has 1 aromatic carbocycles. The molecule has 4 nitrogen and oxygen atoms in total. The molecule has 1 aliphatic rings. The number of allylic oxidation sites excluding steroid dienone is 2. The summed E-state index contributed by atoms with van der Waals surface area (Å²) in [5, 5.41) is 2.50. The molecule has 1 aromatic rings. The first-order valence-electron chi connectivity index (χ1n) is 8.10. The zero-order chi connectivity index (χ0) is 17.4. The summed E-state index contributed by atoms with van der Waals surface area (Å²) in [7, 11) is 0. The number of carbonyl (C=O) groups is 2. The van der Waals surface area contributed by atoms with Gasteiger partial charge in [-0.2, -0.15) is 0 Å². The summed E-state index contributed by atoms with van der Waals surface area (Å²) >= 11 is 0. The molecule has 0 spiro atoms. The first-order valence-corrected chi connectivity index (χ1v) is 8.10. The van der Waals surface area contributed by atoms with Crippen LogP contribution in [0.25, 0.3) is 0 Å². The summed E-state index contributed by atoms with van der Waals surface area (Å²) in [6, 6.07) is 2.77. The van der Waals surface area contributed by atoms with Gasteiger partial charge in [-0.25, -0.2) is 8.78 Å². The van der Waals surface area contributed by atoms with Gasteiger partial charge in [-0.3, -0.25) is 9.59 Å². The fourth-order valence-corrected chi connectivity index (χ4v) is 2.49. The summed E-state index contributed by atoms with van der Waals surface area (Å²) in [4.78, 5) is 23.4. The largest absolute Gasteiger partial charge is 0.465 e. The van der Waals surface area contributed by atoms with E-state index in [1.165, 1.54) is 0 Å². The molecule has 0 heterocycles. The SMILES string of the molecule is O=C(CCCNC(=O)c1ccc(F)cc1F)OCC1CC=CCC1. The van der Waals surface area contributed by atoms with Crippen molar-refractivity contribution in [3.05, 3.63) is 47.5 Å². The lowest BCUT2D eigenvalue weighted by Crippen LogP contribution is -2.26. The lowest BCUT2D eigenvalue weighted by Gasteiger charge is -2.17. The van der Waals surface area contributed by atoms with Gasteiger partial charge in [-0.05, 0) is 43.7 Å². The Morgan fingerprint density at radius 1 is 1.25 bits per heavy atom. The standard InChI is InChI=1S/C18H21F2NO3/c19-14-8-9-15(16(20)11-14)18(23)21-10-4-7-17(22)24-12-13-5-2-1-3-6-13/h1-2,8-9,11,13H,3-7,10,12H2,(H,21,23). The van der Waals surface area contributed by atoms with Gasteiger partial charge in [-0.1, -0.05) is 12.2 Å². The van der Waals surface area contributed by atoms with E-state index < -0.39 is 17.5 Å². The highest BCUT2D eigenvalue weighted by molar-refractivity contribution is 5.94. The molecule has 0 aliphatic heterocycles. The number of esters is 1. The van der Waals surface area contributed by atoms with Crippen molar-refractivity contribution in [1.82, 2.24) is 5.32 Å². The molecule has 0 aromatic heterocycles. The minimum absolute atomic E-state index is 0.189. The van der Waals surface area contributed by atoms with Gasteiger partial charge >= 0.3 is 5.97 Å². The molecule has 24 heavy (non-hydrogen) atoms. The van der Waals surface area contributed by atoms with Crippen LogP contribution in [0.15, 0.2) is 30.4 Å². The molecule has 0 fully saturated rings. The summed E-state index contributed by atoms with van der Waals surface area (Å²) in [5.74, 6) is -2.18. The minimum atomic E-state index is -0.909. The number of nitrogens with one attached hydrogen (secondary N) is 1. The lowest BCUT2D eigenvalue weighted by atomic mass is 9.95. The predicted octanol–water partition coefficient (Wildman–Crippen LogP) is 3.37. The van der Waals surface area contributed by atoms with Crippen LogP contribution in [-0.2, 0) is 9.53 Å². The van der Waals surface area contributed by atoms with Crippen LogP contribution < -0.4 is 5.32 Å². The molecule has 1 atom stereocenters. The van der Waals surface area contributed by atoms with E-state index in [1.54, 1.807) is 0 Å². The second-order valence-electron chi connectivity index (χ2n) is 5.82. The van der Waals surface area contributed by atoms with Crippen LogP contribution in [0.5, 0.6) is 0 Å². The van der Waals surface area contributed by atoms with Crippen LogP contribution in [0, 0.1) is 17.6 Å². The zero-order valence-electron chi connectivity index (χ0n) is 13.4. The Hall–Kier alpha value is -2.24. The van der Waals surface area contributed by atoms with E-state index in [2.05, 4.69) is 17.5 Å². The highest BCUT2D eigenvalue weighted by atomic mass is 19.1. The molecule has 0 radical (unpaired) electrons. The maximum atomic E-state index is 13.4. The minimum Gasteiger partial charge on any atom is -0.465 e. The molecule has 1 amide bonds. The highest BCUT2D eigenvalue weighted by Gasteiger charge is 2.14. The molecule has 6 heteroatoms. The van der Waals surface area contributed by atoms with Crippen LogP contribution in [0.2, 0.25) is 0 Å². The summed E-state index contributed by atoms with van der Waals surface area (Å²) in [6.07, 6.45) is 7.81. The number of hydrogen-bond donors (Lipinski definition) is 1. The van der Waals surface area contributed by atoms with Crippen molar-refractivity contribution in [3.8, 4) is 0 Å². The lowest BCUT2D eigenvalue weighted by molar-refractivity contribution is -0.145. The van der Waals surface area contributed by atoms with Crippen molar-refractivity contribution >= 4 is 11.9 Å². The van der Waals surface area contributed by atoms with E-state index in [-0.39, 0.29) is 24.5 Å². The quantitative estimate of drug-likeness (QED) is 0.471.